The molecular formula is C50H46N2. The molecule has 6 aromatic carbocycles. The van der Waals surface area contributed by atoms with Crippen molar-refractivity contribution in [3.8, 4) is 0 Å². The minimum atomic E-state index is 0.358. The van der Waals surface area contributed by atoms with Gasteiger partial charge in [-0.05, 0) is 123 Å². The SMILES string of the molecule is Cc1ccc(N(C2=CCC(C=Cc3ccc(/C=C/c4ccc(N(c5ccc(C)cc5)c5ccc(C)cc5)cc4)cc3)C=C2)c2ccc(C)cc2)cc1. The summed E-state index contributed by atoms with van der Waals surface area (Å²) >= 11 is 0. The third-order valence-electron chi connectivity index (χ3n) is 9.63. The lowest BCUT2D eigenvalue weighted by Gasteiger charge is -2.28. The topological polar surface area (TPSA) is 6.48 Å². The summed E-state index contributed by atoms with van der Waals surface area (Å²) in [7, 11) is 0. The Morgan fingerprint density at radius 3 is 1.10 bits per heavy atom. The number of allylic oxidation sites excluding steroid dienone is 4. The van der Waals surface area contributed by atoms with Gasteiger partial charge in [0.05, 0.1) is 0 Å². The van der Waals surface area contributed by atoms with Gasteiger partial charge in [-0.3, -0.25) is 0 Å². The van der Waals surface area contributed by atoms with Crippen LogP contribution in [0.25, 0.3) is 18.2 Å². The lowest BCUT2D eigenvalue weighted by Crippen LogP contribution is -2.17. The minimum Gasteiger partial charge on any atom is -0.311 e. The first-order valence-electron chi connectivity index (χ1n) is 18.2. The van der Waals surface area contributed by atoms with Crippen LogP contribution in [-0.2, 0) is 0 Å². The van der Waals surface area contributed by atoms with E-state index >= 15 is 0 Å². The number of aryl methyl sites for hydroxylation is 4. The molecule has 0 heterocycles. The molecule has 7 rings (SSSR count). The molecule has 2 heteroatoms. The molecule has 2 nitrogen and oxygen atoms in total. The van der Waals surface area contributed by atoms with Gasteiger partial charge < -0.3 is 9.80 Å². The zero-order valence-corrected chi connectivity index (χ0v) is 30.6. The Morgan fingerprint density at radius 2 is 0.731 bits per heavy atom. The van der Waals surface area contributed by atoms with Gasteiger partial charge in [-0.2, -0.15) is 0 Å². The molecule has 1 aliphatic rings. The molecular weight excluding hydrogens is 629 g/mol. The second kappa shape index (κ2) is 15.8. The lowest BCUT2D eigenvalue weighted by atomic mass is 9.97. The lowest BCUT2D eigenvalue weighted by molar-refractivity contribution is 0.813. The zero-order chi connectivity index (χ0) is 35.9. The van der Waals surface area contributed by atoms with Gasteiger partial charge in [-0.1, -0.05) is 144 Å². The summed E-state index contributed by atoms with van der Waals surface area (Å²) < 4.78 is 0. The van der Waals surface area contributed by atoms with E-state index in [1.807, 2.05) is 0 Å². The standard InChI is InChI=1S/C50H46N2/c1-37-5-25-45(26-6-37)51(46-27-7-38(2)8-28-46)49-33-21-43(22-34-49)19-17-41-13-15-42(16-14-41)18-20-44-23-35-50(36-24-44)52(47-29-9-39(3)10-30-47)48-31-11-40(4)12-32-48/h5-23,25-36,44H,24H2,1-4H3/b19-17+,20-18?. The predicted molar refractivity (Wildman–Crippen MR) is 225 cm³/mol. The van der Waals surface area contributed by atoms with Crippen molar-refractivity contribution < 1.29 is 0 Å². The molecule has 0 bridgehead atoms. The van der Waals surface area contributed by atoms with Gasteiger partial charge in [0.25, 0.3) is 0 Å². The third kappa shape index (κ3) is 8.42. The van der Waals surface area contributed by atoms with Crippen LogP contribution in [0.15, 0.2) is 176 Å². The smallest absolute Gasteiger partial charge is 0.0462 e. The van der Waals surface area contributed by atoms with Crippen LogP contribution < -0.4 is 9.80 Å². The van der Waals surface area contributed by atoms with Crippen molar-refractivity contribution in [1.82, 2.24) is 0 Å². The fourth-order valence-corrected chi connectivity index (χ4v) is 6.48. The maximum absolute atomic E-state index is 2.36. The van der Waals surface area contributed by atoms with E-state index in [-0.39, 0.29) is 0 Å². The van der Waals surface area contributed by atoms with Crippen molar-refractivity contribution in [3.05, 3.63) is 215 Å². The Hall–Kier alpha value is -6.12. The molecule has 0 fully saturated rings. The average molecular weight is 675 g/mol. The van der Waals surface area contributed by atoms with Crippen LogP contribution in [0.2, 0.25) is 0 Å². The summed E-state index contributed by atoms with van der Waals surface area (Å²) in [6, 6.07) is 52.6. The first-order valence-corrected chi connectivity index (χ1v) is 18.2. The van der Waals surface area contributed by atoms with Crippen LogP contribution in [0.3, 0.4) is 0 Å². The van der Waals surface area contributed by atoms with E-state index in [0.29, 0.717) is 5.92 Å². The Balaban J connectivity index is 0.991. The number of benzene rings is 6. The number of hydrogen-bond donors (Lipinski definition) is 0. The third-order valence-corrected chi connectivity index (χ3v) is 9.63. The molecule has 0 saturated heterocycles. The second-order valence-electron chi connectivity index (χ2n) is 13.9. The van der Waals surface area contributed by atoms with E-state index in [4.69, 9.17) is 0 Å². The van der Waals surface area contributed by atoms with Crippen molar-refractivity contribution in [2.75, 3.05) is 9.80 Å². The van der Waals surface area contributed by atoms with Gasteiger partial charge >= 0.3 is 0 Å². The maximum Gasteiger partial charge on any atom is 0.0462 e. The fourth-order valence-electron chi connectivity index (χ4n) is 6.48. The Morgan fingerprint density at radius 1 is 0.404 bits per heavy atom. The highest BCUT2D eigenvalue weighted by Crippen LogP contribution is 2.36. The molecule has 0 aromatic heterocycles. The van der Waals surface area contributed by atoms with Crippen LogP contribution in [0, 0.1) is 33.6 Å². The van der Waals surface area contributed by atoms with E-state index < -0.39 is 0 Å². The largest absolute Gasteiger partial charge is 0.311 e. The average Bonchev–Trinajstić information content (AvgIpc) is 3.18. The van der Waals surface area contributed by atoms with E-state index in [0.717, 1.165) is 23.5 Å². The van der Waals surface area contributed by atoms with Gasteiger partial charge in [0, 0.05) is 34.1 Å². The molecule has 256 valence electrons. The normalized spacial score (nSPS) is 14.2. The highest BCUT2D eigenvalue weighted by molar-refractivity contribution is 5.78. The molecule has 52 heavy (non-hydrogen) atoms. The number of hydrogen-bond acceptors (Lipinski definition) is 2. The van der Waals surface area contributed by atoms with Gasteiger partial charge in [0.2, 0.25) is 0 Å². The van der Waals surface area contributed by atoms with Crippen LogP contribution in [-0.4, -0.2) is 0 Å². The zero-order valence-electron chi connectivity index (χ0n) is 30.6. The molecule has 1 aliphatic carbocycles. The summed E-state index contributed by atoms with van der Waals surface area (Å²) in [5.41, 5.74) is 15.6. The minimum absolute atomic E-state index is 0.358. The number of rotatable bonds is 10. The summed E-state index contributed by atoms with van der Waals surface area (Å²) in [5.74, 6) is 0.358. The molecule has 0 spiro atoms. The summed E-state index contributed by atoms with van der Waals surface area (Å²) in [4.78, 5) is 4.66. The van der Waals surface area contributed by atoms with Crippen molar-refractivity contribution in [2.45, 2.75) is 34.1 Å². The first-order chi connectivity index (χ1) is 25.4. The van der Waals surface area contributed by atoms with Crippen molar-refractivity contribution in [3.63, 3.8) is 0 Å². The van der Waals surface area contributed by atoms with E-state index in [1.165, 1.54) is 56.0 Å². The molecule has 0 aliphatic heterocycles. The molecule has 0 radical (unpaired) electrons. The van der Waals surface area contributed by atoms with Crippen LogP contribution in [0.5, 0.6) is 0 Å². The fraction of sp³-hybridized carbons (Fsp3) is 0.120. The summed E-state index contributed by atoms with van der Waals surface area (Å²) in [5, 5.41) is 0. The first kappa shape index (κ1) is 34.3. The van der Waals surface area contributed by atoms with Crippen LogP contribution in [0.1, 0.15) is 45.4 Å². The van der Waals surface area contributed by atoms with Crippen molar-refractivity contribution in [2.24, 2.45) is 5.92 Å². The Labute approximate surface area is 310 Å². The van der Waals surface area contributed by atoms with E-state index in [9.17, 15) is 0 Å². The van der Waals surface area contributed by atoms with Gasteiger partial charge in [-0.25, -0.2) is 0 Å². The van der Waals surface area contributed by atoms with Gasteiger partial charge in [0.15, 0.2) is 0 Å². The molecule has 0 N–H and O–H groups in total. The summed E-state index contributed by atoms with van der Waals surface area (Å²) in [6.07, 6.45) is 16.8. The molecule has 1 unspecified atom stereocenters. The quantitative estimate of drug-likeness (QED) is 0.133. The van der Waals surface area contributed by atoms with E-state index in [1.54, 1.807) is 0 Å². The Bertz CT molecular complexity index is 2110. The summed E-state index contributed by atoms with van der Waals surface area (Å²) in [6.45, 7) is 8.52. The number of anilines is 5. The van der Waals surface area contributed by atoms with Crippen molar-refractivity contribution in [1.29, 1.82) is 0 Å². The van der Waals surface area contributed by atoms with Crippen molar-refractivity contribution >= 4 is 46.7 Å². The predicted octanol–water partition coefficient (Wildman–Crippen LogP) is 13.9. The van der Waals surface area contributed by atoms with Gasteiger partial charge in [-0.15, -0.1) is 0 Å². The van der Waals surface area contributed by atoms with Gasteiger partial charge in [0.1, 0.15) is 0 Å². The highest BCUT2D eigenvalue weighted by Gasteiger charge is 2.16. The molecule has 0 saturated carbocycles. The molecule has 6 aromatic rings. The monoisotopic (exact) mass is 674 g/mol. The highest BCUT2D eigenvalue weighted by atomic mass is 15.1. The Kier molecular flexibility index (Phi) is 10.5. The maximum atomic E-state index is 2.36. The van der Waals surface area contributed by atoms with Crippen LogP contribution >= 0.6 is 0 Å². The molecule has 1 atom stereocenters. The number of nitrogens with zero attached hydrogens (tertiary/aromatic N) is 2. The second-order valence-corrected chi connectivity index (χ2v) is 13.9. The molecule has 0 amide bonds. The van der Waals surface area contributed by atoms with Crippen LogP contribution in [0.4, 0.5) is 28.4 Å². The van der Waals surface area contributed by atoms with E-state index in [2.05, 4.69) is 226 Å².